The highest BCUT2D eigenvalue weighted by Crippen LogP contribution is 2.32. The van der Waals surface area contributed by atoms with Gasteiger partial charge in [0.25, 0.3) is 10.0 Å². The zero-order valence-electron chi connectivity index (χ0n) is 18.4. The van der Waals surface area contributed by atoms with Gasteiger partial charge in [-0.05, 0) is 61.9 Å². The van der Waals surface area contributed by atoms with Crippen molar-refractivity contribution >= 4 is 33.2 Å². The zero-order chi connectivity index (χ0) is 24.2. The van der Waals surface area contributed by atoms with Crippen molar-refractivity contribution in [3.05, 3.63) is 88.7 Å². The molecule has 174 valence electrons. The van der Waals surface area contributed by atoms with Crippen LogP contribution in [0.1, 0.15) is 24.1 Å². The smallest absolute Gasteiger partial charge is 0.264 e. The first-order valence-electron chi connectivity index (χ1n) is 10.1. The van der Waals surface area contributed by atoms with E-state index in [1.165, 1.54) is 49.6 Å². The summed E-state index contributed by atoms with van der Waals surface area (Å²) in [6.07, 6.45) is 0. The van der Waals surface area contributed by atoms with Crippen molar-refractivity contribution in [2.75, 3.05) is 18.0 Å². The highest BCUT2D eigenvalue weighted by atomic mass is 35.5. The number of nitrogens with zero attached hydrogens (tertiary/aromatic N) is 1. The number of carbonyl (C=O) groups is 1. The monoisotopic (exact) mass is 490 g/mol. The molecule has 1 atom stereocenters. The lowest BCUT2D eigenvalue weighted by atomic mass is 10.1. The van der Waals surface area contributed by atoms with Crippen LogP contribution in [0.3, 0.4) is 0 Å². The van der Waals surface area contributed by atoms with Crippen LogP contribution in [0, 0.1) is 12.7 Å². The molecule has 3 aromatic rings. The van der Waals surface area contributed by atoms with Gasteiger partial charge in [0.15, 0.2) is 0 Å². The van der Waals surface area contributed by atoms with Gasteiger partial charge in [-0.25, -0.2) is 12.8 Å². The van der Waals surface area contributed by atoms with Gasteiger partial charge in [-0.1, -0.05) is 41.4 Å². The van der Waals surface area contributed by atoms with Gasteiger partial charge in [0.1, 0.15) is 18.1 Å². The Morgan fingerprint density at radius 2 is 1.73 bits per heavy atom. The predicted octanol–water partition coefficient (Wildman–Crippen LogP) is 4.87. The number of hydrogen-bond donors (Lipinski definition) is 1. The van der Waals surface area contributed by atoms with E-state index in [0.717, 1.165) is 9.87 Å². The first kappa shape index (κ1) is 24.5. The molecule has 1 unspecified atom stereocenters. The predicted molar refractivity (Wildman–Crippen MR) is 127 cm³/mol. The third-order valence-electron chi connectivity index (χ3n) is 5.07. The molecule has 0 aliphatic rings. The number of amides is 1. The van der Waals surface area contributed by atoms with Crippen molar-refractivity contribution in [2.24, 2.45) is 0 Å². The second-order valence-corrected chi connectivity index (χ2v) is 9.75. The summed E-state index contributed by atoms with van der Waals surface area (Å²) in [5.74, 6) is -0.541. The van der Waals surface area contributed by atoms with Gasteiger partial charge in [0.05, 0.1) is 28.8 Å². The first-order chi connectivity index (χ1) is 15.6. The number of aryl methyl sites for hydroxylation is 1. The molecule has 6 nitrogen and oxygen atoms in total. The van der Waals surface area contributed by atoms with E-state index in [1.54, 1.807) is 31.2 Å². The van der Waals surface area contributed by atoms with E-state index in [4.69, 9.17) is 16.3 Å². The van der Waals surface area contributed by atoms with Gasteiger partial charge in [-0.2, -0.15) is 0 Å². The average Bonchev–Trinajstić information content (AvgIpc) is 2.78. The molecule has 0 aliphatic carbocycles. The molecule has 1 amide bonds. The minimum atomic E-state index is -4.08. The summed E-state index contributed by atoms with van der Waals surface area (Å²) in [7, 11) is -2.63. The van der Waals surface area contributed by atoms with E-state index in [0.29, 0.717) is 11.3 Å². The standard InChI is InChI=1S/C24H24ClFN2O4S/c1-16-4-11-21(12-5-16)33(30,31)28(20-10-13-23(32-3)22(25)14-20)15-24(29)27-17(2)18-6-8-19(26)9-7-18/h4-14,17H,15H2,1-3H3,(H,27,29). The van der Waals surface area contributed by atoms with Crippen LogP contribution in [-0.4, -0.2) is 28.0 Å². The van der Waals surface area contributed by atoms with Gasteiger partial charge < -0.3 is 10.1 Å². The van der Waals surface area contributed by atoms with Crippen molar-refractivity contribution in [3.8, 4) is 5.75 Å². The fourth-order valence-electron chi connectivity index (χ4n) is 3.22. The number of nitrogens with one attached hydrogen (secondary N) is 1. The Hall–Kier alpha value is -3.10. The van der Waals surface area contributed by atoms with E-state index in [-0.39, 0.29) is 21.4 Å². The number of sulfonamides is 1. The van der Waals surface area contributed by atoms with Crippen LogP contribution in [0.25, 0.3) is 0 Å². The van der Waals surface area contributed by atoms with Crippen LogP contribution in [0.5, 0.6) is 5.75 Å². The molecule has 0 fully saturated rings. The Bertz CT molecular complexity index is 1230. The van der Waals surface area contributed by atoms with Crippen molar-refractivity contribution in [3.63, 3.8) is 0 Å². The lowest BCUT2D eigenvalue weighted by Crippen LogP contribution is -2.41. The molecule has 0 heterocycles. The maximum Gasteiger partial charge on any atom is 0.264 e. The van der Waals surface area contributed by atoms with Gasteiger partial charge in [-0.3, -0.25) is 9.10 Å². The number of rotatable bonds is 8. The lowest BCUT2D eigenvalue weighted by molar-refractivity contribution is -0.120. The summed E-state index contributed by atoms with van der Waals surface area (Å²) in [4.78, 5) is 12.9. The third-order valence-corrected chi connectivity index (χ3v) is 7.15. The molecule has 0 saturated heterocycles. The second-order valence-electron chi connectivity index (χ2n) is 7.48. The average molecular weight is 491 g/mol. The molecule has 9 heteroatoms. The number of halogens is 2. The number of hydrogen-bond acceptors (Lipinski definition) is 4. The molecule has 0 aromatic heterocycles. The molecule has 0 radical (unpaired) electrons. The van der Waals surface area contributed by atoms with Crippen LogP contribution in [-0.2, 0) is 14.8 Å². The summed E-state index contributed by atoms with van der Waals surface area (Å²) in [6.45, 7) is 3.10. The highest BCUT2D eigenvalue weighted by molar-refractivity contribution is 7.92. The van der Waals surface area contributed by atoms with E-state index in [2.05, 4.69) is 5.32 Å². The molecule has 3 aromatic carbocycles. The van der Waals surface area contributed by atoms with Crippen molar-refractivity contribution in [2.45, 2.75) is 24.8 Å². The van der Waals surface area contributed by atoms with Crippen LogP contribution < -0.4 is 14.4 Å². The zero-order valence-corrected chi connectivity index (χ0v) is 20.0. The summed E-state index contributed by atoms with van der Waals surface area (Å²) in [6, 6.07) is 16.1. The maximum absolute atomic E-state index is 13.5. The summed E-state index contributed by atoms with van der Waals surface area (Å²) in [5.41, 5.74) is 1.80. The number of methoxy groups -OCH3 is 1. The molecular formula is C24H24ClFN2O4S. The van der Waals surface area contributed by atoms with E-state index < -0.39 is 28.5 Å². The number of anilines is 1. The molecule has 0 bridgehead atoms. The normalized spacial score (nSPS) is 12.2. The van der Waals surface area contributed by atoms with Crippen LogP contribution in [0.15, 0.2) is 71.6 Å². The molecule has 3 rings (SSSR count). The molecule has 0 spiro atoms. The number of ether oxygens (including phenoxy) is 1. The van der Waals surface area contributed by atoms with Crippen molar-refractivity contribution < 1.29 is 22.3 Å². The summed E-state index contributed by atoms with van der Waals surface area (Å²) < 4.78 is 46.3. The minimum Gasteiger partial charge on any atom is -0.495 e. The third kappa shape index (κ3) is 5.83. The Morgan fingerprint density at radius 3 is 2.30 bits per heavy atom. The summed E-state index contributed by atoms with van der Waals surface area (Å²) >= 11 is 6.23. The second kappa shape index (κ2) is 10.2. The van der Waals surface area contributed by atoms with Crippen LogP contribution in [0.4, 0.5) is 10.1 Å². The topological polar surface area (TPSA) is 75.7 Å². The SMILES string of the molecule is COc1ccc(N(CC(=O)NC(C)c2ccc(F)cc2)S(=O)(=O)c2ccc(C)cc2)cc1Cl. The fraction of sp³-hybridized carbons (Fsp3) is 0.208. The Labute approximate surface area is 198 Å². The number of benzene rings is 3. The Kier molecular flexibility index (Phi) is 7.61. The van der Waals surface area contributed by atoms with Crippen molar-refractivity contribution in [1.82, 2.24) is 5.32 Å². The largest absolute Gasteiger partial charge is 0.495 e. The molecule has 0 aliphatic heterocycles. The first-order valence-corrected chi connectivity index (χ1v) is 11.9. The molecule has 1 N–H and O–H groups in total. The lowest BCUT2D eigenvalue weighted by Gasteiger charge is -2.25. The quantitative estimate of drug-likeness (QED) is 0.489. The Morgan fingerprint density at radius 1 is 1.09 bits per heavy atom. The van der Waals surface area contributed by atoms with Gasteiger partial charge in [0, 0.05) is 0 Å². The minimum absolute atomic E-state index is 0.0411. The van der Waals surface area contributed by atoms with Crippen molar-refractivity contribution in [1.29, 1.82) is 0 Å². The Balaban J connectivity index is 1.92. The van der Waals surface area contributed by atoms with Gasteiger partial charge in [0.2, 0.25) is 5.91 Å². The maximum atomic E-state index is 13.5. The van der Waals surface area contributed by atoms with Crippen LogP contribution in [0.2, 0.25) is 5.02 Å². The van der Waals surface area contributed by atoms with E-state index in [1.807, 2.05) is 6.92 Å². The fourth-order valence-corrected chi connectivity index (χ4v) is 4.88. The molecule has 33 heavy (non-hydrogen) atoms. The highest BCUT2D eigenvalue weighted by Gasteiger charge is 2.28. The van der Waals surface area contributed by atoms with Gasteiger partial charge >= 0.3 is 0 Å². The summed E-state index contributed by atoms with van der Waals surface area (Å²) in [5, 5.41) is 2.97. The van der Waals surface area contributed by atoms with Gasteiger partial charge in [-0.15, -0.1) is 0 Å². The molecular weight excluding hydrogens is 467 g/mol. The van der Waals surface area contributed by atoms with Crippen LogP contribution >= 0.6 is 11.6 Å². The molecule has 0 saturated carbocycles. The number of carbonyl (C=O) groups excluding carboxylic acids is 1. The van der Waals surface area contributed by atoms with E-state index in [9.17, 15) is 17.6 Å². The van der Waals surface area contributed by atoms with E-state index >= 15 is 0 Å².